The minimum Gasteiger partial charge on any atom is -0.338 e. The van der Waals surface area contributed by atoms with Crippen molar-refractivity contribution in [2.24, 2.45) is 5.92 Å². The van der Waals surface area contributed by atoms with Gasteiger partial charge in [-0.25, -0.2) is 0 Å². The lowest BCUT2D eigenvalue weighted by Gasteiger charge is -2.31. The summed E-state index contributed by atoms with van der Waals surface area (Å²) in [5.74, 6) is 1.29. The molecule has 2 aromatic rings. The van der Waals surface area contributed by atoms with Gasteiger partial charge in [0.2, 0.25) is 5.91 Å². The molecule has 29 heavy (non-hydrogen) atoms. The maximum atomic E-state index is 12.8. The molecule has 4 nitrogen and oxygen atoms in total. The molecule has 0 aliphatic carbocycles. The molecule has 2 amide bonds. The first-order chi connectivity index (χ1) is 14.0. The number of piperidine rings is 1. The summed E-state index contributed by atoms with van der Waals surface area (Å²) >= 11 is 7.60. The molecule has 2 heterocycles. The summed E-state index contributed by atoms with van der Waals surface area (Å²) in [5, 5.41) is 0.660. The number of amides is 2. The minimum atomic E-state index is -0.0302. The first kappa shape index (κ1) is 20.3. The van der Waals surface area contributed by atoms with Crippen molar-refractivity contribution in [2.75, 3.05) is 18.8 Å². The molecular formula is C23H25ClN2O2S. The number of nitrogens with zero attached hydrogens (tertiary/aromatic N) is 2. The van der Waals surface area contributed by atoms with Gasteiger partial charge < -0.3 is 9.80 Å². The Morgan fingerprint density at radius 3 is 2.55 bits per heavy atom. The van der Waals surface area contributed by atoms with Crippen LogP contribution in [0.5, 0.6) is 0 Å². The number of carbonyl (C=O) groups excluding carboxylic acids is 2. The zero-order chi connectivity index (χ0) is 20.4. The summed E-state index contributed by atoms with van der Waals surface area (Å²) in [7, 11) is 0. The molecule has 6 heteroatoms. The number of hydrogen-bond acceptors (Lipinski definition) is 3. The van der Waals surface area contributed by atoms with E-state index in [0.717, 1.165) is 36.2 Å². The van der Waals surface area contributed by atoms with E-state index >= 15 is 0 Å². The molecule has 0 radical (unpaired) electrons. The topological polar surface area (TPSA) is 40.6 Å². The van der Waals surface area contributed by atoms with Gasteiger partial charge in [0.05, 0.1) is 5.75 Å². The number of likely N-dealkylation sites (tertiary alicyclic amines) is 1. The van der Waals surface area contributed by atoms with Gasteiger partial charge in [-0.2, -0.15) is 0 Å². The molecule has 2 fully saturated rings. The average molecular weight is 429 g/mol. The van der Waals surface area contributed by atoms with Crippen LogP contribution in [0.4, 0.5) is 0 Å². The Morgan fingerprint density at radius 1 is 1.14 bits per heavy atom. The number of rotatable bonds is 4. The van der Waals surface area contributed by atoms with Gasteiger partial charge in [0.25, 0.3) is 5.91 Å². The Bertz CT molecular complexity index is 885. The molecule has 152 valence electrons. The standard InChI is InChI=1S/C23H25ClN2O2S/c1-16-3-2-12-25(13-16)22(28)18-6-8-19(9-7-18)23-26(21(27)15-29-23)14-17-4-10-20(24)11-5-17/h4-11,16,23H,2-3,12-15H2,1H3/t16-,23+/m1/s1. The van der Waals surface area contributed by atoms with E-state index in [9.17, 15) is 9.59 Å². The van der Waals surface area contributed by atoms with Crippen molar-refractivity contribution in [3.63, 3.8) is 0 Å². The maximum absolute atomic E-state index is 12.8. The monoisotopic (exact) mass is 428 g/mol. The third-order valence-electron chi connectivity index (χ3n) is 5.62. The number of hydrogen-bond donors (Lipinski definition) is 0. The molecule has 0 saturated carbocycles. The minimum absolute atomic E-state index is 0.0302. The zero-order valence-electron chi connectivity index (χ0n) is 16.5. The van der Waals surface area contributed by atoms with Crippen LogP contribution in [0, 0.1) is 5.92 Å². The van der Waals surface area contributed by atoms with Gasteiger partial charge in [-0.1, -0.05) is 42.8 Å². The molecule has 4 rings (SSSR count). The van der Waals surface area contributed by atoms with Crippen LogP contribution in [0.15, 0.2) is 48.5 Å². The van der Waals surface area contributed by atoms with E-state index in [0.29, 0.717) is 23.2 Å². The quantitative estimate of drug-likeness (QED) is 0.689. The van der Waals surface area contributed by atoms with Gasteiger partial charge in [0.1, 0.15) is 5.37 Å². The summed E-state index contributed by atoms with van der Waals surface area (Å²) < 4.78 is 0. The first-order valence-corrected chi connectivity index (χ1v) is 11.5. The van der Waals surface area contributed by atoms with Gasteiger partial charge >= 0.3 is 0 Å². The summed E-state index contributed by atoms with van der Waals surface area (Å²) in [4.78, 5) is 29.1. The third kappa shape index (κ3) is 4.62. The van der Waals surface area contributed by atoms with Crippen molar-refractivity contribution in [3.8, 4) is 0 Å². The number of thioether (sulfide) groups is 1. The Hall–Kier alpha value is -1.98. The van der Waals surface area contributed by atoms with E-state index in [4.69, 9.17) is 11.6 Å². The fourth-order valence-corrected chi connectivity index (χ4v) is 5.35. The van der Waals surface area contributed by atoms with Crippen LogP contribution in [0.1, 0.15) is 46.6 Å². The first-order valence-electron chi connectivity index (χ1n) is 10.1. The fraction of sp³-hybridized carbons (Fsp3) is 0.391. The Labute approximate surface area is 181 Å². The number of carbonyl (C=O) groups is 2. The highest BCUT2D eigenvalue weighted by Gasteiger charge is 2.33. The molecule has 2 aliphatic rings. The highest BCUT2D eigenvalue weighted by Crippen LogP contribution is 2.39. The Morgan fingerprint density at radius 2 is 1.86 bits per heavy atom. The zero-order valence-corrected chi connectivity index (χ0v) is 18.1. The average Bonchev–Trinajstić information content (AvgIpc) is 3.09. The van der Waals surface area contributed by atoms with Crippen LogP contribution in [0.2, 0.25) is 5.02 Å². The van der Waals surface area contributed by atoms with E-state index < -0.39 is 0 Å². The van der Waals surface area contributed by atoms with E-state index in [1.807, 2.05) is 58.3 Å². The van der Waals surface area contributed by atoms with Crippen molar-refractivity contribution >= 4 is 35.2 Å². The maximum Gasteiger partial charge on any atom is 0.253 e. The van der Waals surface area contributed by atoms with Crippen LogP contribution in [0.25, 0.3) is 0 Å². The van der Waals surface area contributed by atoms with Gasteiger partial charge in [-0.3, -0.25) is 9.59 Å². The highest BCUT2D eigenvalue weighted by atomic mass is 35.5. The summed E-state index contributed by atoms with van der Waals surface area (Å²) in [6.07, 6.45) is 2.27. The van der Waals surface area contributed by atoms with E-state index in [2.05, 4.69) is 6.92 Å². The molecule has 2 atom stereocenters. The summed E-state index contributed by atoms with van der Waals surface area (Å²) in [6.45, 7) is 4.43. The van der Waals surface area contributed by atoms with Crippen molar-refractivity contribution < 1.29 is 9.59 Å². The second kappa shape index (κ2) is 8.80. The smallest absolute Gasteiger partial charge is 0.253 e. The molecular weight excluding hydrogens is 404 g/mol. The van der Waals surface area contributed by atoms with Gasteiger partial charge in [-0.05, 0) is 54.2 Å². The molecule has 0 spiro atoms. The lowest BCUT2D eigenvalue weighted by molar-refractivity contribution is -0.128. The predicted octanol–water partition coefficient (Wildman–Crippen LogP) is 4.99. The lowest BCUT2D eigenvalue weighted by Crippen LogP contribution is -2.39. The molecule has 0 unspecified atom stereocenters. The van der Waals surface area contributed by atoms with Crippen molar-refractivity contribution in [3.05, 3.63) is 70.2 Å². The van der Waals surface area contributed by atoms with Gasteiger partial charge in [0.15, 0.2) is 0 Å². The Balaban J connectivity index is 1.47. The molecule has 0 N–H and O–H groups in total. The summed E-state index contributed by atoms with van der Waals surface area (Å²) in [5.41, 5.74) is 2.83. The van der Waals surface area contributed by atoms with Crippen molar-refractivity contribution in [1.82, 2.24) is 9.80 Å². The fourth-order valence-electron chi connectivity index (χ4n) is 4.03. The highest BCUT2D eigenvalue weighted by molar-refractivity contribution is 8.00. The van der Waals surface area contributed by atoms with Crippen LogP contribution in [-0.2, 0) is 11.3 Å². The SMILES string of the molecule is C[C@@H]1CCCN(C(=O)c2ccc([C@@H]3SCC(=O)N3Cc3ccc(Cl)cc3)cc2)C1. The molecule has 2 aromatic carbocycles. The number of halogens is 1. The summed E-state index contributed by atoms with van der Waals surface area (Å²) in [6, 6.07) is 15.4. The number of benzene rings is 2. The van der Waals surface area contributed by atoms with E-state index in [-0.39, 0.29) is 17.2 Å². The molecule has 2 aliphatic heterocycles. The third-order valence-corrected chi connectivity index (χ3v) is 7.13. The van der Waals surface area contributed by atoms with Crippen LogP contribution < -0.4 is 0 Å². The van der Waals surface area contributed by atoms with E-state index in [1.54, 1.807) is 11.8 Å². The van der Waals surface area contributed by atoms with Gasteiger partial charge in [0, 0.05) is 30.2 Å². The van der Waals surface area contributed by atoms with Gasteiger partial charge in [-0.15, -0.1) is 11.8 Å². The lowest BCUT2D eigenvalue weighted by atomic mass is 9.99. The molecule has 0 aromatic heterocycles. The van der Waals surface area contributed by atoms with E-state index in [1.165, 1.54) is 6.42 Å². The molecule has 2 saturated heterocycles. The normalized spacial score (nSPS) is 22.2. The second-order valence-corrected chi connectivity index (χ2v) is 9.44. The van der Waals surface area contributed by atoms with Crippen molar-refractivity contribution in [2.45, 2.75) is 31.7 Å². The van der Waals surface area contributed by atoms with Crippen molar-refractivity contribution in [1.29, 1.82) is 0 Å². The van der Waals surface area contributed by atoms with Crippen LogP contribution in [0.3, 0.4) is 0 Å². The molecule has 0 bridgehead atoms. The second-order valence-electron chi connectivity index (χ2n) is 7.93. The Kier molecular flexibility index (Phi) is 6.16. The largest absolute Gasteiger partial charge is 0.338 e. The predicted molar refractivity (Wildman–Crippen MR) is 118 cm³/mol. The van der Waals surface area contributed by atoms with Crippen LogP contribution in [-0.4, -0.2) is 40.5 Å². The van der Waals surface area contributed by atoms with Crippen LogP contribution >= 0.6 is 23.4 Å².